The molecule has 1 aliphatic heterocycles. The summed E-state index contributed by atoms with van der Waals surface area (Å²) < 4.78 is 44.1. The Morgan fingerprint density at radius 3 is 2.36 bits per heavy atom. The van der Waals surface area contributed by atoms with Crippen molar-refractivity contribution in [2.45, 2.75) is 18.8 Å². The summed E-state index contributed by atoms with van der Waals surface area (Å²) in [6.07, 6.45) is -5.11. The highest BCUT2D eigenvalue weighted by Gasteiger charge is 2.69. The molecule has 22 heavy (non-hydrogen) atoms. The van der Waals surface area contributed by atoms with Crippen molar-refractivity contribution >= 4 is 17.6 Å². The van der Waals surface area contributed by atoms with Crippen LogP contribution in [-0.4, -0.2) is 30.4 Å². The molecule has 0 aromatic heterocycles. The number of amides is 3. The van der Waals surface area contributed by atoms with Crippen LogP contribution in [-0.2, 0) is 9.53 Å². The summed E-state index contributed by atoms with van der Waals surface area (Å²) in [5.41, 5.74) is -3.25. The van der Waals surface area contributed by atoms with Crippen molar-refractivity contribution in [1.29, 1.82) is 5.26 Å². The van der Waals surface area contributed by atoms with Crippen LogP contribution in [0.3, 0.4) is 0 Å². The Labute approximate surface area is 123 Å². The van der Waals surface area contributed by atoms with Gasteiger partial charge < -0.3 is 4.74 Å². The van der Waals surface area contributed by atoms with Gasteiger partial charge in [0.05, 0.1) is 17.3 Å². The minimum Gasteiger partial charge on any atom is -0.340 e. The molecule has 0 aliphatic carbocycles. The quantitative estimate of drug-likeness (QED) is 0.864. The molecule has 1 fully saturated rings. The Balaban J connectivity index is 2.45. The number of urea groups is 1. The lowest BCUT2D eigenvalue weighted by Gasteiger charge is -2.28. The van der Waals surface area contributed by atoms with Gasteiger partial charge in [-0.15, -0.1) is 0 Å². The maximum absolute atomic E-state index is 13.2. The number of nitriles is 1. The Hall–Kier alpha value is -2.60. The molecular weight excluding hydrogens is 303 g/mol. The van der Waals surface area contributed by atoms with Crippen LogP contribution >= 0.6 is 0 Å². The van der Waals surface area contributed by atoms with Crippen molar-refractivity contribution in [3.8, 4) is 6.07 Å². The SMILES string of the molecule is CCOC1(C(F)(F)F)NC(=O)N(c2ccc(C#N)cc2)C1=O. The predicted molar refractivity (Wildman–Crippen MR) is 67.6 cm³/mol. The smallest absolute Gasteiger partial charge is 0.340 e. The van der Waals surface area contributed by atoms with E-state index < -0.39 is 30.4 Å². The molecule has 1 saturated heterocycles. The van der Waals surface area contributed by atoms with Crippen molar-refractivity contribution in [2.75, 3.05) is 11.5 Å². The third-order valence-electron chi connectivity index (χ3n) is 3.00. The Morgan fingerprint density at radius 1 is 1.32 bits per heavy atom. The van der Waals surface area contributed by atoms with Crippen LogP contribution in [0.2, 0.25) is 0 Å². The van der Waals surface area contributed by atoms with Crippen LogP contribution in [0.1, 0.15) is 12.5 Å². The van der Waals surface area contributed by atoms with E-state index >= 15 is 0 Å². The highest BCUT2D eigenvalue weighted by molar-refractivity contribution is 6.23. The minimum absolute atomic E-state index is 0.0904. The summed E-state index contributed by atoms with van der Waals surface area (Å²) in [4.78, 5) is 24.3. The second kappa shape index (κ2) is 5.31. The van der Waals surface area contributed by atoms with Gasteiger partial charge >= 0.3 is 17.9 Å². The first-order chi connectivity index (χ1) is 10.3. The molecule has 3 amide bonds. The van der Waals surface area contributed by atoms with Gasteiger partial charge in [-0.3, -0.25) is 10.1 Å². The number of imide groups is 1. The molecule has 9 heteroatoms. The topological polar surface area (TPSA) is 82.4 Å². The zero-order valence-corrected chi connectivity index (χ0v) is 11.3. The van der Waals surface area contributed by atoms with Crippen molar-refractivity contribution in [2.24, 2.45) is 0 Å². The molecule has 1 unspecified atom stereocenters. The monoisotopic (exact) mass is 313 g/mol. The molecule has 0 saturated carbocycles. The normalized spacial score (nSPS) is 21.7. The summed E-state index contributed by atoms with van der Waals surface area (Å²) in [6, 6.07) is 5.54. The summed E-state index contributed by atoms with van der Waals surface area (Å²) in [7, 11) is 0. The number of hydrogen-bond donors (Lipinski definition) is 1. The number of hydrogen-bond acceptors (Lipinski definition) is 4. The summed E-state index contributed by atoms with van der Waals surface area (Å²) in [5.74, 6) is -1.57. The van der Waals surface area contributed by atoms with Crippen molar-refractivity contribution < 1.29 is 27.5 Å². The molecule has 0 spiro atoms. The maximum atomic E-state index is 13.2. The average molecular weight is 313 g/mol. The molecule has 1 heterocycles. The number of benzene rings is 1. The largest absolute Gasteiger partial charge is 0.446 e. The van der Waals surface area contributed by atoms with E-state index in [0.29, 0.717) is 4.90 Å². The Kier molecular flexibility index (Phi) is 3.81. The van der Waals surface area contributed by atoms with E-state index in [9.17, 15) is 22.8 Å². The molecular formula is C13H10F3N3O3. The molecule has 1 N–H and O–H groups in total. The molecule has 0 radical (unpaired) electrons. The number of nitrogens with zero attached hydrogens (tertiary/aromatic N) is 2. The third kappa shape index (κ3) is 2.27. The van der Waals surface area contributed by atoms with E-state index in [4.69, 9.17) is 5.26 Å². The van der Waals surface area contributed by atoms with E-state index in [0.717, 1.165) is 0 Å². The zero-order valence-electron chi connectivity index (χ0n) is 11.3. The van der Waals surface area contributed by atoms with Gasteiger partial charge in [-0.2, -0.15) is 18.4 Å². The second-order valence-corrected chi connectivity index (χ2v) is 4.34. The predicted octanol–water partition coefficient (Wildman–Crippen LogP) is 1.91. The number of carbonyl (C=O) groups is 2. The average Bonchev–Trinajstić information content (AvgIpc) is 2.71. The fourth-order valence-electron chi connectivity index (χ4n) is 2.02. The zero-order chi connectivity index (χ0) is 16.5. The van der Waals surface area contributed by atoms with E-state index in [-0.39, 0.29) is 11.3 Å². The maximum Gasteiger partial charge on any atom is 0.446 e. The molecule has 1 atom stereocenters. The van der Waals surface area contributed by atoms with E-state index in [1.807, 2.05) is 6.07 Å². The molecule has 0 bridgehead atoms. The minimum atomic E-state index is -5.11. The van der Waals surface area contributed by atoms with Crippen LogP contribution in [0.25, 0.3) is 0 Å². The number of rotatable bonds is 3. The number of anilines is 1. The summed E-state index contributed by atoms with van der Waals surface area (Å²) in [6.45, 7) is 0.851. The lowest BCUT2D eigenvalue weighted by molar-refractivity contribution is -0.267. The van der Waals surface area contributed by atoms with Crippen molar-refractivity contribution in [3.63, 3.8) is 0 Å². The highest BCUT2D eigenvalue weighted by Crippen LogP contribution is 2.38. The first-order valence-electron chi connectivity index (χ1n) is 6.14. The third-order valence-corrected chi connectivity index (χ3v) is 3.00. The fourth-order valence-corrected chi connectivity index (χ4v) is 2.02. The number of carbonyl (C=O) groups excluding carboxylic acids is 2. The highest BCUT2D eigenvalue weighted by atomic mass is 19.4. The number of ether oxygens (including phenoxy) is 1. The first kappa shape index (κ1) is 15.8. The van der Waals surface area contributed by atoms with Crippen LogP contribution in [0, 0.1) is 11.3 Å². The van der Waals surface area contributed by atoms with E-state index in [1.54, 1.807) is 5.32 Å². The van der Waals surface area contributed by atoms with Gasteiger partial charge in [0.25, 0.3) is 5.91 Å². The second-order valence-electron chi connectivity index (χ2n) is 4.34. The number of nitrogens with one attached hydrogen (secondary N) is 1. The van der Waals surface area contributed by atoms with Gasteiger partial charge in [-0.1, -0.05) is 0 Å². The lowest BCUT2D eigenvalue weighted by atomic mass is 10.1. The van der Waals surface area contributed by atoms with Crippen LogP contribution in [0.5, 0.6) is 0 Å². The molecule has 1 aliphatic rings. The molecule has 1 aromatic carbocycles. The van der Waals surface area contributed by atoms with Gasteiger partial charge in [0.2, 0.25) is 0 Å². The van der Waals surface area contributed by atoms with E-state index in [1.165, 1.54) is 31.2 Å². The summed E-state index contributed by atoms with van der Waals surface area (Å²) in [5, 5.41) is 10.2. The van der Waals surface area contributed by atoms with Gasteiger partial charge in [-0.05, 0) is 31.2 Å². The molecule has 1 aromatic rings. The van der Waals surface area contributed by atoms with Crippen LogP contribution in [0.4, 0.5) is 23.7 Å². The van der Waals surface area contributed by atoms with Gasteiger partial charge in [-0.25, -0.2) is 9.69 Å². The van der Waals surface area contributed by atoms with Gasteiger partial charge in [0.1, 0.15) is 0 Å². The van der Waals surface area contributed by atoms with Crippen LogP contribution < -0.4 is 10.2 Å². The first-order valence-corrected chi connectivity index (χ1v) is 6.14. The van der Waals surface area contributed by atoms with Gasteiger partial charge in [0.15, 0.2) is 0 Å². The number of alkyl halides is 3. The molecule has 116 valence electrons. The fraction of sp³-hybridized carbons (Fsp3) is 0.308. The Bertz CT molecular complexity index is 651. The van der Waals surface area contributed by atoms with E-state index in [2.05, 4.69) is 4.74 Å². The van der Waals surface area contributed by atoms with Gasteiger partial charge in [0, 0.05) is 6.61 Å². The molecule has 6 nitrogen and oxygen atoms in total. The van der Waals surface area contributed by atoms with Crippen molar-refractivity contribution in [1.82, 2.24) is 5.32 Å². The standard InChI is InChI=1S/C13H10F3N3O3/c1-2-22-12(13(14,15)16)10(20)19(11(21)18-12)9-5-3-8(7-17)4-6-9/h3-6H,2H2,1H3,(H,18,21). The Morgan fingerprint density at radius 2 is 1.91 bits per heavy atom. The van der Waals surface area contributed by atoms with Crippen LogP contribution in [0.15, 0.2) is 24.3 Å². The summed E-state index contributed by atoms with van der Waals surface area (Å²) >= 11 is 0. The number of halogens is 3. The molecule has 2 rings (SSSR count). The lowest BCUT2D eigenvalue weighted by Crippen LogP contribution is -2.60. The van der Waals surface area contributed by atoms with Crippen molar-refractivity contribution in [3.05, 3.63) is 29.8 Å².